The number of aromatic amines is 1. The highest BCUT2D eigenvalue weighted by molar-refractivity contribution is 5.92. The van der Waals surface area contributed by atoms with E-state index in [1.807, 2.05) is 26.0 Å². The van der Waals surface area contributed by atoms with E-state index in [1.165, 1.54) is 6.07 Å². The Morgan fingerprint density at radius 1 is 1.30 bits per heavy atom. The van der Waals surface area contributed by atoms with Gasteiger partial charge in [-0.05, 0) is 41.9 Å². The number of H-pyrrole nitrogens is 1. The molecule has 1 aliphatic rings. The van der Waals surface area contributed by atoms with E-state index in [0.29, 0.717) is 17.4 Å². The van der Waals surface area contributed by atoms with Gasteiger partial charge in [0.1, 0.15) is 11.5 Å². The van der Waals surface area contributed by atoms with Crippen LogP contribution in [0.1, 0.15) is 60.3 Å². The van der Waals surface area contributed by atoms with Crippen molar-refractivity contribution < 1.29 is 9.18 Å². The summed E-state index contributed by atoms with van der Waals surface area (Å²) < 4.78 is 14.4. The Hall–Kier alpha value is -2.70. The largest absolute Gasteiger partial charge is 0.348 e. The van der Waals surface area contributed by atoms with Gasteiger partial charge in [-0.2, -0.15) is 0 Å². The average Bonchev–Trinajstić information content (AvgIpc) is 3.43. The zero-order valence-electron chi connectivity index (χ0n) is 16.0. The Morgan fingerprint density at radius 3 is 2.56 bits per heavy atom. The Bertz CT molecular complexity index is 903. The molecule has 6 nitrogen and oxygen atoms in total. The van der Waals surface area contributed by atoms with Crippen molar-refractivity contribution in [1.29, 1.82) is 0 Å². The van der Waals surface area contributed by atoms with Gasteiger partial charge in [-0.15, -0.1) is 0 Å². The summed E-state index contributed by atoms with van der Waals surface area (Å²) in [4.78, 5) is 32.9. The number of aromatic nitrogens is 2. The van der Waals surface area contributed by atoms with Crippen LogP contribution in [0.2, 0.25) is 0 Å². The lowest BCUT2D eigenvalue weighted by atomic mass is 9.94. The Labute approximate surface area is 157 Å². The van der Waals surface area contributed by atoms with Crippen molar-refractivity contribution in [3.63, 3.8) is 0 Å². The molecule has 0 unspecified atom stereocenters. The fourth-order valence-corrected chi connectivity index (χ4v) is 3.09. The second-order valence-electron chi connectivity index (χ2n) is 7.60. The smallest absolute Gasteiger partial charge is 0.270 e. The SMILES string of the molecule is CC(C)[C@@H](NC(=O)c1cc(=O)[nH]c(N(C)C)n1)c1ccc(C2CC2)c(F)c1. The minimum atomic E-state index is -0.463. The van der Waals surface area contributed by atoms with E-state index >= 15 is 0 Å². The normalized spacial score (nSPS) is 14.9. The highest BCUT2D eigenvalue weighted by atomic mass is 19.1. The lowest BCUT2D eigenvalue weighted by molar-refractivity contribution is 0.0920. The summed E-state index contributed by atoms with van der Waals surface area (Å²) in [7, 11) is 3.45. The number of hydrogen-bond donors (Lipinski definition) is 2. The summed E-state index contributed by atoms with van der Waals surface area (Å²) in [6.07, 6.45) is 2.06. The van der Waals surface area contributed by atoms with Crippen LogP contribution < -0.4 is 15.8 Å². The molecule has 1 aromatic carbocycles. The minimum absolute atomic E-state index is 0.0307. The van der Waals surface area contributed by atoms with Gasteiger partial charge < -0.3 is 10.2 Å². The lowest BCUT2D eigenvalue weighted by Crippen LogP contribution is -2.33. The molecule has 1 atom stereocenters. The summed E-state index contributed by atoms with van der Waals surface area (Å²) in [5.41, 5.74) is 1.08. The van der Waals surface area contributed by atoms with Crippen molar-refractivity contribution >= 4 is 11.9 Å². The predicted molar refractivity (Wildman–Crippen MR) is 103 cm³/mol. The van der Waals surface area contributed by atoms with Crippen molar-refractivity contribution in [2.24, 2.45) is 5.92 Å². The van der Waals surface area contributed by atoms with Gasteiger partial charge in [-0.25, -0.2) is 9.37 Å². The predicted octanol–water partition coefficient (Wildman–Crippen LogP) is 2.98. The Morgan fingerprint density at radius 2 is 2.00 bits per heavy atom. The highest BCUT2D eigenvalue weighted by Gasteiger charge is 2.28. The van der Waals surface area contributed by atoms with E-state index in [0.717, 1.165) is 24.5 Å². The molecule has 7 heteroatoms. The number of anilines is 1. The zero-order chi connectivity index (χ0) is 19.7. The molecule has 27 heavy (non-hydrogen) atoms. The number of carbonyl (C=O) groups is 1. The molecule has 1 amide bonds. The summed E-state index contributed by atoms with van der Waals surface area (Å²) in [5.74, 6) is -0.0199. The summed E-state index contributed by atoms with van der Waals surface area (Å²) in [6, 6.07) is 5.98. The molecule has 0 aliphatic heterocycles. The fourth-order valence-electron chi connectivity index (χ4n) is 3.09. The van der Waals surface area contributed by atoms with Crippen LogP contribution in [0.3, 0.4) is 0 Å². The summed E-state index contributed by atoms with van der Waals surface area (Å²) in [6.45, 7) is 3.91. The van der Waals surface area contributed by atoms with E-state index in [2.05, 4.69) is 15.3 Å². The zero-order valence-corrected chi connectivity index (χ0v) is 16.0. The van der Waals surface area contributed by atoms with Crippen molar-refractivity contribution in [3.05, 3.63) is 57.3 Å². The van der Waals surface area contributed by atoms with E-state index < -0.39 is 11.5 Å². The van der Waals surface area contributed by atoms with Crippen LogP contribution >= 0.6 is 0 Å². The number of hydrogen-bond acceptors (Lipinski definition) is 4. The molecule has 2 N–H and O–H groups in total. The number of nitrogens with zero attached hydrogens (tertiary/aromatic N) is 2. The quantitative estimate of drug-likeness (QED) is 0.817. The minimum Gasteiger partial charge on any atom is -0.348 e. The molecule has 3 rings (SSSR count). The van der Waals surface area contributed by atoms with Gasteiger partial charge in [0.2, 0.25) is 5.95 Å². The maximum absolute atomic E-state index is 14.4. The first-order valence-corrected chi connectivity index (χ1v) is 9.15. The monoisotopic (exact) mass is 372 g/mol. The average molecular weight is 372 g/mol. The summed E-state index contributed by atoms with van der Waals surface area (Å²) >= 11 is 0. The van der Waals surface area contributed by atoms with E-state index in [9.17, 15) is 14.0 Å². The van der Waals surface area contributed by atoms with Crippen molar-refractivity contribution in [2.45, 2.75) is 38.6 Å². The molecule has 144 valence electrons. The summed E-state index contributed by atoms with van der Waals surface area (Å²) in [5, 5.41) is 2.89. The van der Waals surface area contributed by atoms with E-state index in [-0.39, 0.29) is 23.5 Å². The maximum Gasteiger partial charge on any atom is 0.270 e. The second kappa shape index (κ2) is 7.50. The number of benzene rings is 1. The van der Waals surface area contributed by atoms with Crippen LogP contribution in [0.25, 0.3) is 0 Å². The Kier molecular flexibility index (Phi) is 5.30. The van der Waals surface area contributed by atoms with Crippen molar-refractivity contribution in [3.8, 4) is 0 Å². The molecule has 0 radical (unpaired) electrons. The standard InChI is InChI=1S/C20H25FN4O2/c1-11(2)18(13-7-8-14(12-5-6-12)15(21)9-13)24-19(27)16-10-17(26)23-20(22-16)25(3)4/h7-12,18H,5-6H2,1-4H3,(H,24,27)(H,22,23,26)/t18-/m1/s1. The fraction of sp³-hybridized carbons (Fsp3) is 0.450. The van der Waals surface area contributed by atoms with Crippen LogP contribution in [-0.2, 0) is 0 Å². The molecule has 1 aliphatic carbocycles. The third kappa shape index (κ3) is 4.35. The molecule has 0 bridgehead atoms. The van der Waals surface area contributed by atoms with Gasteiger partial charge in [0.25, 0.3) is 11.5 Å². The van der Waals surface area contributed by atoms with Gasteiger partial charge in [-0.1, -0.05) is 26.0 Å². The molecule has 0 saturated heterocycles. The molecule has 1 fully saturated rings. The first-order valence-electron chi connectivity index (χ1n) is 9.15. The van der Waals surface area contributed by atoms with Gasteiger partial charge in [0, 0.05) is 20.2 Å². The van der Waals surface area contributed by atoms with Gasteiger partial charge in [0.15, 0.2) is 0 Å². The van der Waals surface area contributed by atoms with Crippen molar-refractivity contribution in [1.82, 2.24) is 15.3 Å². The molecule has 1 heterocycles. The third-order valence-corrected chi connectivity index (χ3v) is 4.74. The van der Waals surface area contributed by atoms with E-state index in [4.69, 9.17) is 0 Å². The Balaban J connectivity index is 1.85. The molecular weight excluding hydrogens is 347 g/mol. The van der Waals surface area contributed by atoms with Crippen LogP contribution in [0, 0.1) is 11.7 Å². The number of carbonyl (C=O) groups excluding carboxylic acids is 1. The molecule has 1 saturated carbocycles. The van der Waals surface area contributed by atoms with Crippen molar-refractivity contribution in [2.75, 3.05) is 19.0 Å². The van der Waals surface area contributed by atoms with E-state index in [1.54, 1.807) is 19.0 Å². The van der Waals surface area contributed by atoms with Gasteiger partial charge >= 0.3 is 0 Å². The third-order valence-electron chi connectivity index (χ3n) is 4.74. The first-order chi connectivity index (χ1) is 12.8. The highest BCUT2D eigenvalue weighted by Crippen LogP contribution is 2.41. The van der Waals surface area contributed by atoms with Crippen LogP contribution in [-0.4, -0.2) is 30.0 Å². The first kappa shape index (κ1) is 19.1. The lowest BCUT2D eigenvalue weighted by Gasteiger charge is -2.23. The maximum atomic E-state index is 14.4. The van der Waals surface area contributed by atoms with Gasteiger partial charge in [-0.3, -0.25) is 14.6 Å². The molecule has 1 aromatic heterocycles. The number of rotatable bonds is 6. The number of amides is 1. The van der Waals surface area contributed by atoms with Crippen LogP contribution in [0.5, 0.6) is 0 Å². The molecular formula is C20H25FN4O2. The van der Waals surface area contributed by atoms with Crippen LogP contribution in [0.15, 0.2) is 29.1 Å². The molecule has 2 aromatic rings. The number of halogens is 1. The second-order valence-corrected chi connectivity index (χ2v) is 7.60. The van der Waals surface area contributed by atoms with Crippen LogP contribution in [0.4, 0.5) is 10.3 Å². The number of nitrogens with one attached hydrogen (secondary N) is 2. The molecule has 0 spiro atoms. The van der Waals surface area contributed by atoms with Gasteiger partial charge in [0.05, 0.1) is 6.04 Å². The topological polar surface area (TPSA) is 78.1 Å².